The number of benzene rings is 2. The van der Waals surface area contributed by atoms with Crippen molar-refractivity contribution in [1.29, 1.82) is 0 Å². The Balaban J connectivity index is 1.99. The number of hydrogen-bond donors (Lipinski definition) is 1. The van der Waals surface area contributed by atoms with E-state index < -0.39 is 0 Å². The Morgan fingerprint density at radius 1 is 1.12 bits per heavy atom. The number of amides is 1. The molecule has 2 aromatic rings. The normalized spacial score (nSPS) is 10.1. The van der Waals surface area contributed by atoms with Crippen molar-refractivity contribution < 1.29 is 19.0 Å². The van der Waals surface area contributed by atoms with Gasteiger partial charge in [0, 0.05) is 11.6 Å². The highest BCUT2D eigenvalue weighted by atomic mass is 16.5. The number of carbonyl (C=O) groups excluding carboxylic acids is 1. The predicted molar refractivity (Wildman–Crippen MR) is 95.4 cm³/mol. The van der Waals surface area contributed by atoms with E-state index in [0.717, 1.165) is 5.56 Å². The van der Waals surface area contributed by atoms with Crippen molar-refractivity contribution in [2.75, 3.05) is 20.8 Å². The molecule has 1 amide bonds. The van der Waals surface area contributed by atoms with E-state index in [1.54, 1.807) is 42.5 Å². The Labute approximate surface area is 146 Å². The molecule has 0 aliphatic heterocycles. The highest BCUT2D eigenvalue weighted by Crippen LogP contribution is 2.22. The van der Waals surface area contributed by atoms with Crippen LogP contribution in [0, 0.1) is 12.3 Å². The van der Waals surface area contributed by atoms with Crippen LogP contribution in [0.4, 0.5) is 0 Å². The molecule has 0 aromatic heterocycles. The van der Waals surface area contributed by atoms with Crippen LogP contribution in [0.15, 0.2) is 47.6 Å². The van der Waals surface area contributed by atoms with Gasteiger partial charge in [0.05, 0.1) is 20.4 Å². The minimum absolute atomic E-state index is 0.216. The molecule has 0 atom stereocenters. The minimum Gasteiger partial charge on any atom is -0.497 e. The third kappa shape index (κ3) is 5.29. The third-order valence-corrected chi connectivity index (χ3v) is 3.20. The largest absolute Gasteiger partial charge is 0.497 e. The number of nitrogens with zero attached hydrogens (tertiary/aromatic N) is 1. The zero-order valence-corrected chi connectivity index (χ0v) is 14.0. The summed E-state index contributed by atoms with van der Waals surface area (Å²) >= 11 is 0. The summed E-state index contributed by atoms with van der Waals surface area (Å²) in [5, 5.41) is 3.94. The van der Waals surface area contributed by atoms with Gasteiger partial charge in [0.25, 0.3) is 5.91 Å². The van der Waals surface area contributed by atoms with Crippen LogP contribution >= 0.6 is 0 Å². The summed E-state index contributed by atoms with van der Waals surface area (Å²) in [4.78, 5) is 12.2. The van der Waals surface area contributed by atoms with Crippen molar-refractivity contribution in [2.45, 2.75) is 0 Å². The smallest absolute Gasteiger partial charge is 0.271 e. The van der Waals surface area contributed by atoms with Crippen LogP contribution in [-0.2, 0) is 0 Å². The fourth-order valence-electron chi connectivity index (χ4n) is 1.94. The standard InChI is InChI=1S/C19H18N2O4/c1-4-9-25-16-7-5-14(6-8-16)13-20-21-19(22)15-10-17(23-2)12-18(11-15)24-3/h1,5-8,10-13H,9H2,2-3H3,(H,21,22)/b20-13-. The van der Waals surface area contributed by atoms with Crippen LogP contribution in [0.3, 0.4) is 0 Å². The molecule has 25 heavy (non-hydrogen) atoms. The van der Waals surface area contributed by atoms with Crippen molar-refractivity contribution in [1.82, 2.24) is 5.43 Å². The second-order valence-electron chi connectivity index (χ2n) is 4.86. The summed E-state index contributed by atoms with van der Waals surface area (Å²) in [5.74, 6) is 3.74. The summed E-state index contributed by atoms with van der Waals surface area (Å²) in [6.07, 6.45) is 6.66. The van der Waals surface area contributed by atoms with E-state index in [1.165, 1.54) is 20.4 Å². The number of nitrogens with one attached hydrogen (secondary N) is 1. The fraction of sp³-hybridized carbons (Fsp3) is 0.158. The quantitative estimate of drug-likeness (QED) is 0.478. The third-order valence-electron chi connectivity index (χ3n) is 3.20. The van der Waals surface area contributed by atoms with Gasteiger partial charge in [0.2, 0.25) is 0 Å². The molecule has 6 heteroatoms. The van der Waals surface area contributed by atoms with E-state index in [4.69, 9.17) is 20.6 Å². The molecule has 0 unspecified atom stereocenters. The number of hydrazone groups is 1. The molecule has 0 saturated heterocycles. The summed E-state index contributed by atoms with van der Waals surface area (Å²) in [7, 11) is 3.04. The van der Waals surface area contributed by atoms with E-state index in [9.17, 15) is 4.79 Å². The summed E-state index contributed by atoms with van der Waals surface area (Å²) in [5.41, 5.74) is 3.64. The molecule has 0 radical (unpaired) electrons. The molecular weight excluding hydrogens is 320 g/mol. The molecular formula is C19H18N2O4. The van der Waals surface area contributed by atoms with Gasteiger partial charge in [0.1, 0.15) is 23.9 Å². The van der Waals surface area contributed by atoms with E-state index >= 15 is 0 Å². The molecule has 0 saturated carbocycles. The van der Waals surface area contributed by atoms with Crippen LogP contribution in [0.1, 0.15) is 15.9 Å². The maximum atomic E-state index is 12.2. The van der Waals surface area contributed by atoms with Gasteiger partial charge in [-0.2, -0.15) is 5.10 Å². The summed E-state index contributed by atoms with van der Waals surface area (Å²) in [6, 6.07) is 12.0. The monoisotopic (exact) mass is 338 g/mol. The lowest BCUT2D eigenvalue weighted by Gasteiger charge is -2.07. The Hall–Kier alpha value is -3.46. The molecule has 0 fully saturated rings. The fourth-order valence-corrected chi connectivity index (χ4v) is 1.94. The van der Waals surface area contributed by atoms with Crippen molar-refractivity contribution >= 4 is 12.1 Å². The van der Waals surface area contributed by atoms with Crippen molar-refractivity contribution in [3.05, 3.63) is 53.6 Å². The Morgan fingerprint density at radius 2 is 1.76 bits per heavy atom. The molecule has 2 aromatic carbocycles. The lowest BCUT2D eigenvalue weighted by molar-refractivity contribution is 0.0954. The van der Waals surface area contributed by atoms with Crippen molar-refractivity contribution in [3.63, 3.8) is 0 Å². The van der Waals surface area contributed by atoms with E-state index in [0.29, 0.717) is 22.8 Å². The summed E-state index contributed by atoms with van der Waals surface area (Å²) in [6.45, 7) is 0.216. The lowest BCUT2D eigenvalue weighted by Crippen LogP contribution is -2.17. The second-order valence-corrected chi connectivity index (χ2v) is 4.86. The number of ether oxygens (including phenoxy) is 3. The van der Waals surface area contributed by atoms with Crippen LogP contribution < -0.4 is 19.6 Å². The first-order valence-electron chi connectivity index (χ1n) is 7.39. The molecule has 1 N–H and O–H groups in total. The van der Waals surface area contributed by atoms with Crippen molar-refractivity contribution in [3.8, 4) is 29.6 Å². The van der Waals surface area contributed by atoms with E-state index in [2.05, 4.69) is 16.4 Å². The second kappa shape index (κ2) is 8.99. The molecule has 0 heterocycles. The van der Waals surface area contributed by atoms with Gasteiger partial charge in [0.15, 0.2) is 0 Å². The van der Waals surface area contributed by atoms with Gasteiger partial charge in [-0.1, -0.05) is 5.92 Å². The first-order valence-corrected chi connectivity index (χ1v) is 7.39. The molecule has 0 spiro atoms. The van der Waals surface area contributed by atoms with Crippen LogP contribution in [-0.4, -0.2) is 32.9 Å². The van der Waals surface area contributed by atoms with Crippen LogP contribution in [0.5, 0.6) is 17.2 Å². The van der Waals surface area contributed by atoms with Gasteiger partial charge in [-0.25, -0.2) is 5.43 Å². The molecule has 0 aliphatic carbocycles. The Bertz CT molecular complexity index is 770. The zero-order valence-electron chi connectivity index (χ0n) is 14.0. The topological polar surface area (TPSA) is 69.2 Å². The van der Waals surface area contributed by atoms with Gasteiger partial charge < -0.3 is 14.2 Å². The zero-order chi connectivity index (χ0) is 18.1. The van der Waals surface area contributed by atoms with Gasteiger partial charge in [-0.15, -0.1) is 6.42 Å². The maximum Gasteiger partial charge on any atom is 0.271 e. The average Bonchev–Trinajstić information content (AvgIpc) is 2.66. The Morgan fingerprint density at radius 3 is 2.32 bits per heavy atom. The SMILES string of the molecule is C#CCOc1ccc(/C=N\NC(=O)c2cc(OC)cc(OC)c2)cc1. The van der Waals surface area contributed by atoms with Gasteiger partial charge in [-0.05, 0) is 42.0 Å². The number of hydrogen-bond acceptors (Lipinski definition) is 5. The number of rotatable bonds is 7. The molecule has 0 bridgehead atoms. The molecule has 6 nitrogen and oxygen atoms in total. The predicted octanol–water partition coefficient (Wildman–Crippen LogP) is 2.48. The first-order chi connectivity index (χ1) is 12.2. The number of carbonyl (C=O) groups is 1. The molecule has 2 rings (SSSR count). The highest BCUT2D eigenvalue weighted by molar-refractivity contribution is 5.95. The summed E-state index contributed by atoms with van der Waals surface area (Å²) < 4.78 is 15.6. The Kier molecular flexibility index (Phi) is 6.43. The van der Waals surface area contributed by atoms with Crippen LogP contribution in [0.25, 0.3) is 0 Å². The average molecular weight is 338 g/mol. The first kappa shape index (κ1) is 17.9. The number of methoxy groups -OCH3 is 2. The van der Waals surface area contributed by atoms with Gasteiger partial charge >= 0.3 is 0 Å². The number of terminal acetylenes is 1. The minimum atomic E-state index is -0.373. The van der Waals surface area contributed by atoms with Gasteiger partial charge in [-0.3, -0.25) is 4.79 Å². The maximum absolute atomic E-state index is 12.2. The molecule has 0 aliphatic rings. The lowest BCUT2D eigenvalue weighted by atomic mass is 10.2. The van der Waals surface area contributed by atoms with E-state index in [-0.39, 0.29) is 12.5 Å². The highest BCUT2D eigenvalue weighted by Gasteiger charge is 2.09. The molecule has 128 valence electrons. The van der Waals surface area contributed by atoms with Crippen molar-refractivity contribution in [2.24, 2.45) is 5.10 Å². The van der Waals surface area contributed by atoms with Crippen LogP contribution in [0.2, 0.25) is 0 Å². The van der Waals surface area contributed by atoms with E-state index in [1.807, 2.05) is 0 Å².